The molecule has 0 bridgehead atoms. The second-order valence-electron chi connectivity index (χ2n) is 7.04. The van der Waals surface area contributed by atoms with Gasteiger partial charge < -0.3 is 9.88 Å². The van der Waals surface area contributed by atoms with Gasteiger partial charge in [0.05, 0.1) is 12.2 Å². The maximum Gasteiger partial charge on any atom is 0.270 e. The third-order valence-electron chi connectivity index (χ3n) is 5.38. The molecule has 2 N–H and O–H groups in total. The van der Waals surface area contributed by atoms with Crippen molar-refractivity contribution in [3.63, 3.8) is 0 Å². The first-order valence-electron chi connectivity index (χ1n) is 9.27. The summed E-state index contributed by atoms with van der Waals surface area (Å²) in [5.41, 5.74) is 4.93. The van der Waals surface area contributed by atoms with E-state index in [1.165, 1.54) is 5.56 Å². The Morgan fingerprint density at radius 3 is 2.78 bits per heavy atom. The molecule has 134 valence electrons. The van der Waals surface area contributed by atoms with Gasteiger partial charge in [0.25, 0.3) is 5.91 Å². The van der Waals surface area contributed by atoms with E-state index in [4.69, 9.17) is 0 Å². The summed E-state index contributed by atoms with van der Waals surface area (Å²) in [7, 11) is 0. The Kier molecular flexibility index (Phi) is 3.78. The lowest BCUT2D eigenvalue weighted by Gasteiger charge is -2.24. The van der Waals surface area contributed by atoms with Gasteiger partial charge in [-0.2, -0.15) is 5.10 Å². The van der Waals surface area contributed by atoms with E-state index in [1.54, 1.807) is 6.20 Å². The first-order valence-corrected chi connectivity index (χ1v) is 9.27. The summed E-state index contributed by atoms with van der Waals surface area (Å²) in [6.45, 7) is 0.800. The van der Waals surface area contributed by atoms with Crippen molar-refractivity contribution in [2.24, 2.45) is 0 Å². The number of nitrogens with zero attached hydrogens (tertiary/aromatic N) is 2. The van der Waals surface area contributed by atoms with Crippen molar-refractivity contribution in [3.8, 4) is 11.1 Å². The van der Waals surface area contributed by atoms with Crippen molar-refractivity contribution < 1.29 is 4.79 Å². The van der Waals surface area contributed by atoms with Gasteiger partial charge in [-0.05, 0) is 36.1 Å². The second-order valence-corrected chi connectivity index (χ2v) is 7.04. The Labute approximate surface area is 157 Å². The molecule has 0 aliphatic carbocycles. The fourth-order valence-corrected chi connectivity index (χ4v) is 4.02. The molecule has 1 amide bonds. The zero-order valence-electron chi connectivity index (χ0n) is 14.9. The zero-order chi connectivity index (χ0) is 18.2. The Morgan fingerprint density at radius 2 is 1.96 bits per heavy atom. The molecule has 0 spiro atoms. The molecule has 1 aliphatic rings. The van der Waals surface area contributed by atoms with Crippen LogP contribution < -0.4 is 0 Å². The Hall–Kier alpha value is -3.34. The number of hydrogen-bond acceptors (Lipinski definition) is 2. The predicted octanol–water partition coefficient (Wildman–Crippen LogP) is 4.54. The van der Waals surface area contributed by atoms with Gasteiger partial charge in [0, 0.05) is 29.2 Å². The second kappa shape index (κ2) is 6.43. The number of carbonyl (C=O) groups excluding carboxylic acids is 1. The van der Waals surface area contributed by atoms with Crippen LogP contribution in [-0.2, 0) is 0 Å². The highest BCUT2D eigenvalue weighted by Gasteiger charge is 2.31. The first kappa shape index (κ1) is 15.9. The van der Waals surface area contributed by atoms with Crippen LogP contribution in [0.2, 0.25) is 0 Å². The van der Waals surface area contributed by atoms with Gasteiger partial charge in [-0.3, -0.25) is 9.89 Å². The minimum atomic E-state index is 0.0717. The minimum Gasteiger partial charge on any atom is -0.351 e. The molecule has 0 unspecified atom stereocenters. The van der Waals surface area contributed by atoms with Crippen LogP contribution in [0.15, 0.2) is 67.0 Å². The monoisotopic (exact) mass is 356 g/mol. The van der Waals surface area contributed by atoms with E-state index < -0.39 is 0 Å². The number of aromatic amines is 2. The molecule has 1 fully saturated rings. The molecule has 2 aromatic carbocycles. The number of nitrogens with one attached hydrogen (secondary N) is 2. The van der Waals surface area contributed by atoms with Crippen molar-refractivity contribution in [1.29, 1.82) is 0 Å². The van der Waals surface area contributed by atoms with E-state index in [2.05, 4.69) is 39.4 Å². The lowest BCUT2D eigenvalue weighted by molar-refractivity contribution is 0.0730. The predicted molar refractivity (Wildman–Crippen MR) is 105 cm³/mol. The van der Waals surface area contributed by atoms with Crippen LogP contribution >= 0.6 is 0 Å². The number of likely N-dealkylation sites (tertiary alicyclic amines) is 1. The number of hydrogen-bond donors (Lipinski definition) is 2. The minimum absolute atomic E-state index is 0.0717. The van der Waals surface area contributed by atoms with Gasteiger partial charge >= 0.3 is 0 Å². The highest BCUT2D eigenvalue weighted by Crippen LogP contribution is 2.33. The highest BCUT2D eigenvalue weighted by atomic mass is 16.2. The Balaban J connectivity index is 1.47. The molecule has 27 heavy (non-hydrogen) atoms. The molecule has 4 aromatic rings. The number of carbonyl (C=O) groups is 1. The lowest BCUT2D eigenvalue weighted by atomic mass is 10.0. The van der Waals surface area contributed by atoms with Gasteiger partial charge in [0.2, 0.25) is 0 Å². The average Bonchev–Trinajstić information content (AvgIpc) is 3.47. The largest absolute Gasteiger partial charge is 0.351 e. The summed E-state index contributed by atoms with van der Waals surface area (Å²) >= 11 is 0. The van der Waals surface area contributed by atoms with Crippen LogP contribution in [0, 0.1) is 0 Å². The summed E-state index contributed by atoms with van der Waals surface area (Å²) in [4.78, 5) is 18.5. The van der Waals surface area contributed by atoms with Crippen LogP contribution in [-0.4, -0.2) is 32.5 Å². The molecule has 5 heteroatoms. The fourth-order valence-electron chi connectivity index (χ4n) is 4.02. The number of H-pyrrole nitrogens is 2. The quantitative estimate of drug-likeness (QED) is 0.566. The highest BCUT2D eigenvalue weighted by molar-refractivity contribution is 5.99. The van der Waals surface area contributed by atoms with Crippen molar-refractivity contribution in [3.05, 3.63) is 78.2 Å². The van der Waals surface area contributed by atoms with Crippen LogP contribution in [0.3, 0.4) is 0 Å². The molecule has 2 aromatic heterocycles. The maximum atomic E-state index is 13.2. The molecular weight excluding hydrogens is 336 g/mol. The van der Waals surface area contributed by atoms with Crippen molar-refractivity contribution in [1.82, 2.24) is 20.1 Å². The summed E-state index contributed by atoms with van der Waals surface area (Å²) in [6, 6.07) is 18.6. The van der Waals surface area contributed by atoms with E-state index >= 15 is 0 Å². The van der Waals surface area contributed by atoms with E-state index in [0.717, 1.165) is 41.4 Å². The van der Waals surface area contributed by atoms with Crippen LogP contribution in [0.25, 0.3) is 22.0 Å². The number of benzene rings is 2. The van der Waals surface area contributed by atoms with Crippen molar-refractivity contribution >= 4 is 16.8 Å². The van der Waals surface area contributed by atoms with Crippen LogP contribution in [0.5, 0.6) is 0 Å². The summed E-state index contributed by atoms with van der Waals surface area (Å²) < 4.78 is 0. The third-order valence-corrected chi connectivity index (χ3v) is 5.38. The summed E-state index contributed by atoms with van der Waals surface area (Å²) in [5, 5.41) is 7.88. The van der Waals surface area contributed by atoms with Crippen molar-refractivity contribution in [2.45, 2.75) is 18.9 Å². The zero-order valence-corrected chi connectivity index (χ0v) is 14.9. The van der Waals surface area contributed by atoms with Gasteiger partial charge in [0.15, 0.2) is 0 Å². The molecule has 1 atom stereocenters. The summed E-state index contributed by atoms with van der Waals surface area (Å²) in [5.74, 6) is 0.0717. The Morgan fingerprint density at radius 1 is 1.07 bits per heavy atom. The number of amides is 1. The van der Waals surface area contributed by atoms with E-state index in [1.807, 2.05) is 41.4 Å². The molecule has 1 aliphatic heterocycles. The van der Waals surface area contributed by atoms with E-state index in [9.17, 15) is 4.79 Å². The van der Waals surface area contributed by atoms with E-state index in [0.29, 0.717) is 5.69 Å². The molecule has 0 radical (unpaired) electrons. The van der Waals surface area contributed by atoms with Crippen LogP contribution in [0.4, 0.5) is 0 Å². The standard InChI is InChI=1S/C22H20N4O/c27-22(26-10-4-7-21(26)15-5-2-1-3-6-15)20-12-17-9-8-16(11-19(17)25-20)18-13-23-24-14-18/h1-3,5-6,8-9,11-14,21,25H,4,7,10H2,(H,23,24)/t21-/m1/s1. The van der Waals surface area contributed by atoms with Gasteiger partial charge in [-0.1, -0.05) is 42.5 Å². The number of fused-ring (bicyclic) bond motifs is 1. The van der Waals surface area contributed by atoms with Crippen LogP contribution in [0.1, 0.15) is 34.9 Å². The first-order chi connectivity index (χ1) is 13.3. The smallest absolute Gasteiger partial charge is 0.270 e. The molecule has 5 nitrogen and oxygen atoms in total. The van der Waals surface area contributed by atoms with Gasteiger partial charge in [-0.25, -0.2) is 0 Å². The molecule has 5 rings (SSSR count). The SMILES string of the molecule is O=C(c1cc2ccc(-c3cn[nH]c3)cc2[nH]1)N1CCC[C@@H]1c1ccccc1. The number of rotatable bonds is 3. The normalized spacial score (nSPS) is 16.9. The molecule has 3 heterocycles. The molecule has 0 saturated carbocycles. The van der Waals surface area contributed by atoms with Gasteiger partial charge in [0.1, 0.15) is 5.69 Å². The number of aromatic nitrogens is 3. The fraction of sp³-hybridized carbons (Fsp3) is 0.182. The average molecular weight is 356 g/mol. The molecule has 1 saturated heterocycles. The lowest BCUT2D eigenvalue weighted by Crippen LogP contribution is -2.30. The third kappa shape index (κ3) is 2.81. The van der Waals surface area contributed by atoms with E-state index in [-0.39, 0.29) is 11.9 Å². The Bertz CT molecular complexity index is 1080. The van der Waals surface area contributed by atoms with Gasteiger partial charge in [-0.15, -0.1) is 0 Å². The van der Waals surface area contributed by atoms with Crippen molar-refractivity contribution in [2.75, 3.05) is 6.54 Å². The molecular formula is C22H20N4O. The summed E-state index contributed by atoms with van der Waals surface area (Å²) in [6.07, 6.45) is 5.71. The maximum absolute atomic E-state index is 13.2. The topological polar surface area (TPSA) is 64.8 Å².